The molecular weight excluding hydrogens is 325 g/mol. The van der Waals surface area contributed by atoms with E-state index < -0.39 is 6.09 Å². The number of amides is 1. The maximum Gasteiger partial charge on any atom is 0.407 e. The molecule has 1 aromatic carbocycles. The average molecular weight is 349 g/mol. The van der Waals surface area contributed by atoms with E-state index in [9.17, 15) is 9.18 Å². The van der Waals surface area contributed by atoms with Crippen LogP contribution in [0.4, 0.5) is 14.9 Å². The van der Waals surface area contributed by atoms with E-state index in [-0.39, 0.29) is 5.82 Å². The molecule has 1 amide bonds. The van der Waals surface area contributed by atoms with Gasteiger partial charge in [0, 0.05) is 57.1 Å². The van der Waals surface area contributed by atoms with Crippen molar-refractivity contribution < 1.29 is 19.0 Å². The van der Waals surface area contributed by atoms with Gasteiger partial charge in [-0.3, -0.25) is 4.90 Å². The van der Waals surface area contributed by atoms with Crippen LogP contribution in [0.1, 0.15) is 5.56 Å². The number of hydrogen-bond donors (Lipinski definition) is 1. The summed E-state index contributed by atoms with van der Waals surface area (Å²) in [6.07, 6.45) is -0.828. The van der Waals surface area contributed by atoms with Crippen LogP contribution >= 0.6 is 0 Å². The van der Waals surface area contributed by atoms with E-state index in [2.05, 4.69) is 9.80 Å². The zero-order valence-electron chi connectivity index (χ0n) is 14.2. The standard InChI is InChI=1S/C18H24FN3O3/c19-17-7-16(21-3-5-25-6-4-21)2-1-13(17)8-20-9-14-11-22(18(23)24)12-15(14)10-20/h1-2,7,14-15H,3-6,8-12H2,(H,23,24). The van der Waals surface area contributed by atoms with Gasteiger partial charge in [0.05, 0.1) is 13.2 Å². The maximum atomic E-state index is 14.5. The number of carbonyl (C=O) groups is 1. The van der Waals surface area contributed by atoms with E-state index in [1.807, 2.05) is 12.1 Å². The number of carboxylic acid groups (broad SMARTS) is 1. The summed E-state index contributed by atoms with van der Waals surface area (Å²) in [5, 5.41) is 9.09. The topological polar surface area (TPSA) is 56.2 Å². The molecule has 0 spiro atoms. The highest BCUT2D eigenvalue weighted by molar-refractivity contribution is 5.65. The van der Waals surface area contributed by atoms with Gasteiger partial charge in [0.15, 0.2) is 0 Å². The van der Waals surface area contributed by atoms with E-state index in [4.69, 9.17) is 9.84 Å². The first-order valence-electron chi connectivity index (χ1n) is 8.91. The largest absolute Gasteiger partial charge is 0.465 e. The lowest BCUT2D eigenvalue weighted by Gasteiger charge is -2.29. The minimum absolute atomic E-state index is 0.159. The summed E-state index contributed by atoms with van der Waals surface area (Å²) in [6, 6.07) is 5.51. The predicted molar refractivity (Wildman–Crippen MR) is 91.3 cm³/mol. The number of benzene rings is 1. The summed E-state index contributed by atoms with van der Waals surface area (Å²) in [5.41, 5.74) is 1.63. The van der Waals surface area contributed by atoms with Crippen LogP contribution < -0.4 is 4.90 Å². The first-order chi connectivity index (χ1) is 12.1. The number of morpholine rings is 1. The lowest BCUT2D eigenvalue weighted by atomic mass is 10.0. The summed E-state index contributed by atoms with van der Waals surface area (Å²) in [5.74, 6) is 0.604. The Morgan fingerprint density at radius 3 is 2.44 bits per heavy atom. The normalized spacial score (nSPS) is 26.9. The summed E-state index contributed by atoms with van der Waals surface area (Å²) < 4.78 is 19.9. The molecule has 3 aliphatic rings. The summed E-state index contributed by atoms with van der Waals surface area (Å²) in [6.45, 7) is 6.47. The van der Waals surface area contributed by atoms with Crippen molar-refractivity contribution in [3.05, 3.63) is 29.6 Å². The monoisotopic (exact) mass is 349 g/mol. The highest BCUT2D eigenvalue weighted by Crippen LogP contribution is 2.32. The minimum atomic E-state index is -0.828. The van der Waals surface area contributed by atoms with Crippen molar-refractivity contribution >= 4 is 11.8 Å². The lowest BCUT2D eigenvalue weighted by molar-refractivity contribution is 0.122. The fourth-order valence-corrected chi connectivity index (χ4v) is 4.30. The second-order valence-corrected chi connectivity index (χ2v) is 7.28. The molecule has 0 radical (unpaired) electrons. The van der Waals surface area contributed by atoms with Gasteiger partial charge in [0.25, 0.3) is 0 Å². The Kier molecular flexibility index (Phi) is 4.52. The molecule has 3 aliphatic heterocycles. The second kappa shape index (κ2) is 6.80. The Morgan fingerprint density at radius 2 is 1.84 bits per heavy atom. The second-order valence-electron chi connectivity index (χ2n) is 7.28. The molecule has 0 saturated carbocycles. The van der Waals surface area contributed by atoms with Crippen molar-refractivity contribution in [1.29, 1.82) is 0 Å². The van der Waals surface area contributed by atoms with Crippen LogP contribution in [0.3, 0.4) is 0 Å². The summed E-state index contributed by atoms with van der Waals surface area (Å²) in [7, 11) is 0. The van der Waals surface area contributed by atoms with Crippen LogP contribution in [0.2, 0.25) is 0 Å². The number of rotatable bonds is 3. The molecule has 4 rings (SSSR count). The number of ether oxygens (including phenoxy) is 1. The number of halogens is 1. The predicted octanol–water partition coefficient (Wildman–Crippen LogP) is 1.70. The molecule has 0 aromatic heterocycles. The van der Waals surface area contributed by atoms with Crippen molar-refractivity contribution in [1.82, 2.24) is 9.80 Å². The molecular formula is C18H24FN3O3. The first kappa shape index (κ1) is 16.6. The van der Waals surface area contributed by atoms with Gasteiger partial charge in [-0.05, 0) is 24.0 Å². The van der Waals surface area contributed by atoms with Crippen molar-refractivity contribution in [2.24, 2.45) is 11.8 Å². The molecule has 6 nitrogen and oxygen atoms in total. The molecule has 2 unspecified atom stereocenters. The van der Waals surface area contributed by atoms with Crippen molar-refractivity contribution in [3.8, 4) is 0 Å². The Morgan fingerprint density at radius 1 is 1.16 bits per heavy atom. The Hall–Kier alpha value is -1.86. The first-order valence-corrected chi connectivity index (χ1v) is 8.91. The number of anilines is 1. The molecule has 3 heterocycles. The van der Waals surface area contributed by atoms with Crippen molar-refractivity contribution in [2.75, 3.05) is 57.4 Å². The third kappa shape index (κ3) is 3.43. The number of fused-ring (bicyclic) bond motifs is 1. The lowest BCUT2D eigenvalue weighted by Crippen LogP contribution is -2.36. The van der Waals surface area contributed by atoms with E-state index in [1.54, 1.807) is 6.07 Å². The third-order valence-electron chi connectivity index (χ3n) is 5.64. The van der Waals surface area contributed by atoms with Crippen molar-refractivity contribution in [3.63, 3.8) is 0 Å². The Balaban J connectivity index is 1.37. The van der Waals surface area contributed by atoms with Crippen LogP contribution in [0.15, 0.2) is 18.2 Å². The molecule has 0 bridgehead atoms. The van der Waals surface area contributed by atoms with Gasteiger partial charge >= 0.3 is 6.09 Å². The van der Waals surface area contributed by atoms with Gasteiger partial charge in [-0.15, -0.1) is 0 Å². The molecule has 1 N–H and O–H groups in total. The van der Waals surface area contributed by atoms with E-state index in [1.165, 1.54) is 4.90 Å². The van der Waals surface area contributed by atoms with E-state index in [0.29, 0.717) is 50.2 Å². The van der Waals surface area contributed by atoms with Crippen LogP contribution in [-0.2, 0) is 11.3 Å². The highest BCUT2D eigenvalue weighted by atomic mass is 19.1. The Labute approximate surface area is 146 Å². The van der Waals surface area contributed by atoms with E-state index in [0.717, 1.165) is 31.9 Å². The van der Waals surface area contributed by atoms with Crippen LogP contribution in [0.5, 0.6) is 0 Å². The fraction of sp³-hybridized carbons (Fsp3) is 0.611. The van der Waals surface area contributed by atoms with E-state index >= 15 is 0 Å². The number of likely N-dealkylation sites (tertiary alicyclic amines) is 2. The summed E-state index contributed by atoms with van der Waals surface area (Å²) >= 11 is 0. The van der Waals surface area contributed by atoms with Gasteiger partial charge in [0.2, 0.25) is 0 Å². The maximum absolute atomic E-state index is 14.5. The number of hydrogen-bond acceptors (Lipinski definition) is 4. The van der Waals surface area contributed by atoms with Crippen LogP contribution in [0.25, 0.3) is 0 Å². The number of nitrogens with zero attached hydrogens (tertiary/aromatic N) is 3. The minimum Gasteiger partial charge on any atom is -0.465 e. The summed E-state index contributed by atoms with van der Waals surface area (Å²) in [4.78, 5) is 17.0. The smallest absolute Gasteiger partial charge is 0.407 e. The van der Waals surface area contributed by atoms with Crippen LogP contribution in [-0.4, -0.2) is 73.5 Å². The van der Waals surface area contributed by atoms with Gasteiger partial charge in [-0.25, -0.2) is 9.18 Å². The molecule has 0 aliphatic carbocycles. The molecule has 3 saturated heterocycles. The third-order valence-corrected chi connectivity index (χ3v) is 5.64. The quantitative estimate of drug-likeness (QED) is 0.900. The molecule has 1 aromatic rings. The van der Waals surface area contributed by atoms with Gasteiger partial charge in [-0.2, -0.15) is 0 Å². The molecule has 3 fully saturated rings. The van der Waals surface area contributed by atoms with Gasteiger partial charge in [0.1, 0.15) is 5.82 Å². The highest BCUT2D eigenvalue weighted by Gasteiger charge is 2.41. The van der Waals surface area contributed by atoms with Gasteiger partial charge in [-0.1, -0.05) is 6.07 Å². The average Bonchev–Trinajstić information content (AvgIpc) is 3.16. The SMILES string of the molecule is O=C(O)N1CC2CN(Cc3ccc(N4CCOCC4)cc3F)CC2C1. The van der Waals surface area contributed by atoms with Crippen LogP contribution in [0, 0.1) is 17.7 Å². The zero-order valence-corrected chi connectivity index (χ0v) is 14.2. The molecule has 25 heavy (non-hydrogen) atoms. The van der Waals surface area contributed by atoms with Gasteiger partial charge < -0.3 is 19.6 Å². The fourth-order valence-electron chi connectivity index (χ4n) is 4.30. The molecule has 7 heteroatoms. The molecule has 2 atom stereocenters. The molecule has 136 valence electrons. The Bertz CT molecular complexity index is 636. The zero-order chi connectivity index (χ0) is 17.4. The van der Waals surface area contributed by atoms with Crippen molar-refractivity contribution in [2.45, 2.75) is 6.54 Å².